The lowest BCUT2D eigenvalue weighted by atomic mass is 10.0. The van der Waals surface area contributed by atoms with Crippen molar-refractivity contribution in [1.82, 2.24) is 9.69 Å². The third-order valence-corrected chi connectivity index (χ3v) is 6.04. The Labute approximate surface area is 182 Å². The summed E-state index contributed by atoms with van der Waals surface area (Å²) in [6.07, 6.45) is 3.48. The second kappa shape index (κ2) is 10.6. The van der Waals surface area contributed by atoms with Gasteiger partial charge in [-0.2, -0.15) is 4.37 Å². The maximum Gasteiger partial charge on any atom is 0.256 e. The number of aromatic nitrogens is 1. The third kappa shape index (κ3) is 5.91. The molecule has 5 nitrogen and oxygen atoms in total. The van der Waals surface area contributed by atoms with Crippen molar-refractivity contribution in [2.75, 3.05) is 25.1 Å². The molecule has 2 heterocycles. The van der Waals surface area contributed by atoms with Crippen LogP contribution in [0.1, 0.15) is 46.8 Å². The first-order chi connectivity index (χ1) is 12.7. The minimum atomic E-state index is -0.0668. The Kier molecular flexibility index (Phi) is 8.71. The maximum atomic E-state index is 12.5. The fourth-order valence-electron chi connectivity index (χ4n) is 3.57. The Morgan fingerprint density at radius 3 is 2.75 bits per heavy atom. The van der Waals surface area contributed by atoms with E-state index in [1.165, 1.54) is 17.1 Å². The molecule has 1 aliphatic carbocycles. The molecule has 4 rings (SSSR count). The molecule has 2 aliphatic rings. The van der Waals surface area contributed by atoms with Crippen LogP contribution in [0.2, 0.25) is 0 Å². The number of rotatable bonds is 6. The predicted octanol–water partition coefficient (Wildman–Crippen LogP) is 4.42. The highest BCUT2D eigenvalue weighted by Gasteiger charge is 2.38. The monoisotopic (exact) mass is 443 g/mol. The lowest BCUT2D eigenvalue weighted by Crippen LogP contribution is -2.29. The van der Waals surface area contributed by atoms with Crippen molar-refractivity contribution < 1.29 is 9.53 Å². The number of aryl methyl sites for hydroxylation is 1. The molecule has 2 fully saturated rings. The van der Waals surface area contributed by atoms with Gasteiger partial charge in [-0.05, 0) is 73.9 Å². The van der Waals surface area contributed by atoms with E-state index >= 15 is 0 Å². The summed E-state index contributed by atoms with van der Waals surface area (Å²) in [5.74, 6) is 1.20. The number of ether oxygens (including phenoxy) is 1. The predicted molar refractivity (Wildman–Crippen MR) is 118 cm³/mol. The van der Waals surface area contributed by atoms with Crippen molar-refractivity contribution in [2.45, 2.75) is 38.1 Å². The number of hydrogen-bond donors (Lipinski definition) is 2. The summed E-state index contributed by atoms with van der Waals surface area (Å²) in [7, 11) is 0. The lowest BCUT2D eigenvalue weighted by Gasteiger charge is -2.22. The van der Waals surface area contributed by atoms with E-state index in [0.717, 1.165) is 55.6 Å². The van der Waals surface area contributed by atoms with Crippen LogP contribution in [0.3, 0.4) is 0 Å². The number of hydrogen-bond acceptors (Lipinski definition) is 5. The first-order valence-corrected chi connectivity index (χ1v) is 10.1. The molecule has 1 saturated heterocycles. The van der Waals surface area contributed by atoms with Crippen LogP contribution in [0.25, 0.3) is 0 Å². The zero-order valence-corrected chi connectivity index (χ0v) is 18.3. The number of nitrogens with zero attached hydrogens (tertiary/aromatic N) is 1. The van der Waals surface area contributed by atoms with Crippen molar-refractivity contribution >= 4 is 47.3 Å². The van der Waals surface area contributed by atoms with Crippen LogP contribution in [-0.4, -0.2) is 36.1 Å². The molecular weight excluding hydrogens is 417 g/mol. The first kappa shape index (κ1) is 23.1. The highest BCUT2D eigenvalue weighted by Crippen LogP contribution is 2.41. The zero-order valence-electron chi connectivity index (χ0n) is 15.8. The van der Waals surface area contributed by atoms with Gasteiger partial charge in [-0.1, -0.05) is 12.1 Å². The molecular formula is C20H27Cl2N3O2S. The van der Waals surface area contributed by atoms with Crippen molar-refractivity contribution in [2.24, 2.45) is 5.92 Å². The number of nitrogens with one attached hydrogen (secondary N) is 2. The minimum Gasteiger partial charge on any atom is -0.381 e. The van der Waals surface area contributed by atoms with E-state index in [2.05, 4.69) is 21.1 Å². The van der Waals surface area contributed by atoms with Crippen molar-refractivity contribution in [1.29, 1.82) is 0 Å². The van der Waals surface area contributed by atoms with E-state index in [1.54, 1.807) is 0 Å². The van der Waals surface area contributed by atoms with Crippen molar-refractivity contribution in [3.8, 4) is 0 Å². The van der Waals surface area contributed by atoms with Gasteiger partial charge in [0.15, 0.2) is 0 Å². The Hall–Kier alpha value is -1.18. The van der Waals surface area contributed by atoms with Gasteiger partial charge in [-0.15, -0.1) is 24.8 Å². The second-order valence-corrected chi connectivity index (χ2v) is 8.13. The van der Waals surface area contributed by atoms with Crippen molar-refractivity contribution in [3.63, 3.8) is 0 Å². The second-order valence-electron chi connectivity index (χ2n) is 7.32. The van der Waals surface area contributed by atoms with Crippen LogP contribution in [0, 0.1) is 12.8 Å². The molecule has 1 aromatic carbocycles. The average molecular weight is 444 g/mol. The van der Waals surface area contributed by atoms with E-state index in [0.29, 0.717) is 17.5 Å². The summed E-state index contributed by atoms with van der Waals surface area (Å²) in [6.45, 7) is 4.80. The molecule has 1 amide bonds. The molecule has 0 bridgehead atoms. The lowest BCUT2D eigenvalue weighted by molar-refractivity contribution is 0.0662. The number of carbonyl (C=O) groups is 1. The summed E-state index contributed by atoms with van der Waals surface area (Å²) >= 11 is 1.31. The first-order valence-electron chi connectivity index (χ1n) is 9.35. The molecule has 1 aliphatic heterocycles. The van der Waals surface area contributed by atoms with Gasteiger partial charge in [0.1, 0.15) is 5.00 Å². The molecule has 2 N–H and O–H groups in total. The van der Waals surface area contributed by atoms with Gasteiger partial charge >= 0.3 is 0 Å². The summed E-state index contributed by atoms with van der Waals surface area (Å²) in [5.41, 5.74) is 2.89. The SMILES string of the molecule is Cc1cc(NC(=O)c2cccc([C@@H]3C[C@H]3NCC3CCOCC3)c2)sn1.Cl.Cl. The molecule has 2 aromatic rings. The Morgan fingerprint density at radius 2 is 2.04 bits per heavy atom. The fourth-order valence-corrected chi connectivity index (χ4v) is 4.23. The van der Waals surface area contributed by atoms with Crippen LogP contribution in [-0.2, 0) is 4.74 Å². The van der Waals surface area contributed by atoms with Gasteiger partial charge in [0, 0.05) is 30.7 Å². The minimum absolute atomic E-state index is 0. The van der Waals surface area contributed by atoms with Crippen LogP contribution < -0.4 is 10.6 Å². The largest absolute Gasteiger partial charge is 0.381 e. The third-order valence-electron chi connectivity index (χ3n) is 5.24. The number of anilines is 1. The van der Waals surface area contributed by atoms with Gasteiger partial charge in [0.2, 0.25) is 0 Å². The molecule has 28 heavy (non-hydrogen) atoms. The van der Waals surface area contributed by atoms with Gasteiger partial charge in [-0.3, -0.25) is 4.79 Å². The summed E-state index contributed by atoms with van der Waals surface area (Å²) in [4.78, 5) is 12.5. The molecule has 1 aromatic heterocycles. The van der Waals surface area contributed by atoms with E-state index in [9.17, 15) is 4.79 Å². The summed E-state index contributed by atoms with van der Waals surface area (Å²) in [5, 5.41) is 7.43. The van der Waals surface area contributed by atoms with Crippen LogP contribution >= 0.6 is 36.3 Å². The van der Waals surface area contributed by atoms with E-state index < -0.39 is 0 Å². The van der Waals surface area contributed by atoms with E-state index in [4.69, 9.17) is 4.74 Å². The Bertz CT molecular complexity index is 780. The normalized spacial score (nSPS) is 21.3. The summed E-state index contributed by atoms with van der Waals surface area (Å²) in [6, 6.07) is 10.5. The Balaban J connectivity index is 0.00000140. The van der Waals surface area contributed by atoms with E-state index in [-0.39, 0.29) is 30.7 Å². The summed E-state index contributed by atoms with van der Waals surface area (Å²) < 4.78 is 9.62. The van der Waals surface area contributed by atoms with Gasteiger partial charge < -0.3 is 15.4 Å². The highest BCUT2D eigenvalue weighted by molar-refractivity contribution is 7.10. The molecule has 8 heteroatoms. The van der Waals surface area contributed by atoms with Gasteiger partial charge in [-0.25, -0.2) is 0 Å². The van der Waals surface area contributed by atoms with Crippen molar-refractivity contribution in [3.05, 3.63) is 47.2 Å². The number of amides is 1. The average Bonchev–Trinajstić information content (AvgIpc) is 3.34. The van der Waals surface area contributed by atoms with Gasteiger partial charge in [0.05, 0.1) is 5.69 Å². The quantitative estimate of drug-likeness (QED) is 0.693. The molecule has 154 valence electrons. The zero-order chi connectivity index (χ0) is 17.9. The number of carbonyl (C=O) groups excluding carboxylic acids is 1. The smallest absolute Gasteiger partial charge is 0.256 e. The fraction of sp³-hybridized carbons (Fsp3) is 0.500. The molecule has 0 spiro atoms. The van der Waals surface area contributed by atoms with Crippen LogP contribution in [0.4, 0.5) is 5.00 Å². The molecule has 0 unspecified atom stereocenters. The van der Waals surface area contributed by atoms with Gasteiger partial charge in [0.25, 0.3) is 5.91 Å². The number of halogens is 2. The molecule has 2 atom stereocenters. The molecule has 1 saturated carbocycles. The topological polar surface area (TPSA) is 63.2 Å². The Morgan fingerprint density at radius 1 is 1.25 bits per heavy atom. The van der Waals surface area contributed by atoms with Crippen LogP contribution in [0.5, 0.6) is 0 Å². The standard InChI is InChI=1S/C20H25N3O2S.2ClH/c1-13-9-19(26-23-13)22-20(24)16-4-2-3-15(10-16)17-11-18(17)21-12-14-5-7-25-8-6-14;;/h2-4,9-10,14,17-18,21H,5-8,11-12H2,1H3,(H,22,24);2*1H/t17-,18+;;/m0../s1. The van der Waals surface area contributed by atoms with E-state index in [1.807, 2.05) is 31.2 Å². The van der Waals surface area contributed by atoms with Crippen LogP contribution in [0.15, 0.2) is 30.3 Å². The molecule has 0 radical (unpaired) electrons. The highest BCUT2D eigenvalue weighted by atomic mass is 35.5. The maximum absolute atomic E-state index is 12.5. The number of benzene rings is 1.